The molecule has 4 heterocycles. The first-order chi connectivity index (χ1) is 19.7. The van der Waals surface area contributed by atoms with Gasteiger partial charge in [-0.2, -0.15) is 10.1 Å². The van der Waals surface area contributed by atoms with Gasteiger partial charge in [0, 0.05) is 57.6 Å². The number of H-pyrrole nitrogens is 1. The van der Waals surface area contributed by atoms with E-state index in [9.17, 15) is 4.79 Å². The average molecular weight is 562 g/mol. The van der Waals surface area contributed by atoms with Crippen LogP contribution in [0.3, 0.4) is 0 Å². The minimum Gasteiger partial charge on any atom is -0.343 e. The molecule has 3 aromatic heterocycles. The number of imidazole rings is 1. The Balaban J connectivity index is 1.38. The Kier molecular flexibility index (Phi) is 6.92. The van der Waals surface area contributed by atoms with Gasteiger partial charge in [-0.3, -0.25) is 9.89 Å². The van der Waals surface area contributed by atoms with E-state index in [1.54, 1.807) is 25.2 Å². The summed E-state index contributed by atoms with van der Waals surface area (Å²) in [5, 5.41) is 10.5. The summed E-state index contributed by atoms with van der Waals surface area (Å²) in [6, 6.07) is 4.65. The van der Waals surface area contributed by atoms with Gasteiger partial charge in [-0.05, 0) is 62.1 Å². The lowest BCUT2D eigenvalue weighted by atomic mass is 9.89. The minimum atomic E-state index is -0.691. The van der Waals surface area contributed by atoms with Crippen LogP contribution in [0.25, 0.3) is 11.4 Å². The summed E-state index contributed by atoms with van der Waals surface area (Å²) in [5.74, 6) is 0.110. The number of aromatic amines is 1. The van der Waals surface area contributed by atoms with E-state index in [-0.39, 0.29) is 29.4 Å². The standard InChI is InChI=1S/C29H33F2N9O/c1-16-11-24(37-36-16)33-28-25(19-5-6-19)26(23-14-38(3)15-32-23)34-29(35-28)39(4)27-21(30)12-20(13-22(27)31)18-7-9-40(10-8-18)17(2)41/h11-15,18-19H,5-10H2,1-4H3,(H2,33,34,35,36,37). The van der Waals surface area contributed by atoms with Crippen molar-refractivity contribution in [1.29, 1.82) is 0 Å². The van der Waals surface area contributed by atoms with Gasteiger partial charge in [0.25, 0.3) is 0 Å². The first-order valence-corrected chi connectivity index (χ1v) is 13.9. The maximum absolute atomic E-state index is 15.7. The number of aromatic nitrogens is 6. The average Bonchev–Trinajstić information content (AvgIpc) is 3.56. The van der Waals surface area contributed by atoms with Crippen LogP contribution in [0.1, 0.15) is 61.3 Å². The van der Waals surface area contributed by atoms with Crippen molar-refractivity contribution in [3.05, 3.63) is 59.2 Å². The zero-order valence-corrected chi connectivity index (χ0v) is 23.6. The highest BCUT2D eigenvalue weighted by Crippen LogP contribution is 2.48. The predicted octanol–water partition coefficient (Wildman–Crippen LogP) is 5.30. The molecule has 1 aliphatic carbocycles. The molecule has 1 aromatic carbocycles. The van der Waals surface area contributed by atoms with Crippen molar-refractivity contribution in [2.75, 3.05) is 30.4 Å². The highest BCUT2D eigenvalue weighted by atomic mass is 19.1. The molecule has 2 fully saturated rings. The lowest BCUT2D eigenvalue weighted by molar-refractivity contribution is -0.129. The van der Waals surface area contributed by atoms with Crippen LogP contribution in [0, 0.1) is 18.6 Å². The molecule has 0 unspecified atom stereocenters. The summed E-state index contributed by atoms with van der Waals surface area (Å²) >= 11 is 0. The summed E-state index contributed by atoms with van der Waals surface area (Å²) in [6.07, 6.45) is 6.86. The second-order valence-corrected chi connectivity index (χ2v) is 11.1. The third-order valence-electron chi connectivity index (χ3n) is 7.91. The molecule has 1 amide bonds. The number of benzene rings is 1. The van der Waals surface area contributed by atoms with E-state index in [0.29, 0.717) is 54.5 Å². The number of halogens is 2. The van der Waals surface area contributed by atoms with Crippen molar-refractivity contribution in [1.82, 2.24) is 34.6 Å². The van der Waals surface area contributed by atoms with Crippen molar-refractivity contribution >= 4 is 29.2 Å². The van der Waals surface area contributed by atoms with Crippen molar-refractivity contribution in [3.63, 3.8) is 0 Å². The van der Waals surface area contributed by atoms with Gasteiger partial charge in [0.1, 0.15) is 34.5 Å². The normalized spacial score (nSPS) is 15.8. The van der Waals surface area contributed by atoms with Gasteiger partial charge in [-0.15, -0.1) is 0 Å². The van der Waals surface area contributed by atoms with Gasteiger partial charge in [-0.25, -0.2) is 18.7 Å². The molecule has 0 radical (unpaired) electrons. The number of hydrogen-bond acceptors (Lipinski definition) is 7. The summed E-state index contributed by atoms with van der Waals surface area (Å²) in [4.78, 5) is 28.9. The Labute approximate surface area is 236 Å². The molecule has 0 spiro atoms. The first kappa shape index (κ1) is 26.9. The number of aryl methyl sites for hydroxylation is 2. The van der Waals surface area contributed by atoms with Crippen LogP contribution in [-0.2, 0) is 11.8 Å². The zero-order valence-electron chi connectivity index (χ0n) is 23.6. The van der Waals surface area contributed by atoms with Crippen molar-refractivity contribution in [2.24, 2.45) is 7.05 Å². The smallest absolute Gasteiger partial charge is 0.232 e. The van der Waals surface area contributed by atoms with Crippen LogP contribution in [-0.4, -0.2) is 60.7 Å². The summed E-state index contributed by atoms with van der Waals surface area (Å²) in [7, 11) is 3.44. The Morgan fingerprint density at radius 3 is 2.34 bits per heavy atom. The molecule has 1 saturated heterocycles. The molecule has 1 aliphatic heterocycles. The molecule has 12 heteroatoms. The molecule has 1 saturated carbocycles. The molecule has 41 heavy (non-hydrogen) atoms. The maximum Gasteiger partial charge on any atom is 0.232 e. The maximum atomic E-state index is 15.7. The van der Waals surface area contributed by atoms with E-state index in [0.717, 1.165) is 24.1 Å². The lowest BCUT2D eigenvalue weighted by Crippen LogP contribution is -2.36. The molecular formula is C29H33F2N9O. The fraction of sp³-hybridized carbons (Fsp3) is 0.414. The molecule has 214 valence electrons. The van der Waals surface area contributed by atoms with Crippen molar-refractivity contribution < 1.29 is 13.6 Å². The Morgan fingerprint density at radius 1 is 1.07 bits per heavy atom. The van der Waals surface area contributed by atoms with E-state index in [2.05, 4.69) is 20.5 Å². The second kappa shape index (κ2) is 10.6. The van der Waals surface area contributed by atoms with E-state index >= 15 is 8.78 Å². The Hall–Kier alpha value is -4.35. The molecule has 4 aromatic rings. The molecule has 0 atom stereocenters. The number of amides is 1. The van der Waals surface area contributed by atoms with E-state index < -0.39 is 11.6 Å². The topological polar surface area (TPSA) is 108 Å². The summed E-state index contributed by atoms with van der Waals surface area (Å²) in [5.41, 5.74) is 3.43. The van der Waals surface area contributed by atoms with Gasteiger partial charge < -0.3 is 19.7 Å². The van der Waals surface area contributed by atoms with Crippen molar-refractivity contribution in [2.45, 2.75) is 51.4 Å². The minimum absolute atomic E-state index is 0.0202. The number of carbonyl (C=O) groups is 1. The number of anilines is 4. The van der Waals surface area contributed by atoms with E-state index in [1.807, 2.05) is 30.8 Å². The highest BCUT2D eigenvalue weighted by molar-refractivity contribution is 5.74. The molecule has 10 nitrogen and oxygen atoms in total. The molecule has 0 bridgehead atoms. The Morgan fingerprint density at radius 2 is 1.78 bits per heavy atom. The third-order valence-corrected chi connectivity index (χ3v) is 7.91. The predicted molar refractivity (Wildman–Crippen MR) is 151 cm³/mol. The largest absolute Gasteiger partial charge is 0.343 e. The Bertz CT molecular complexity index is 1580. The van der Waals surface area contributed by atoms with Gasteiger partial charge in [0.15, 0.2) is 5.82 Å². The summed E-state index contributed by atoms with van der Waals surface area (Å²) in [6.45, 7) is 4.60. The number of likely N-dealkylation sites (tertiary alicyclic amines) is 1. The molecule has 2 N–H and O–H groups in total. The number of piperidine rings is 1. The third kappa shape index (κ3) is 5.38. The number of nitrogens with one attached hydrogen (secondary N) is 2. The molecule has 2 aliphatic rings. The number of nitrogens with zero attached hydrogens (tertiary/aromatic N) is 7. The van der Waals surface area contributed by atoms with Crippen LogP contribution >= 0.6 is 0 Å². The number of rotatable bonds is 7. The summed E-state index contributed by atoms with van der Waals surface area (Å²) < 4.78 is 33.1. The van der Waals surface area contributed by atoms with Crippen LogP contribution in [0.4, 0.5) is 32.1 Å². The van der Waals surface area contributed by atoms with Gasteiger partial charge >= 0.3 is 0 Å². The first-order valence-electron chi connectivity index (χ1n) is 13.9. The van der Waals surface area contributed by atoms with Crippen LogP contribution in [0.5, 0.6) is 0 Å². The fourth-order valence-corrected chi connectivity index (χ4v) is 5.56. The number of hydrogen-bond donors (Lipinski definition) is 2. The van der Waals surface area contributed by atoms with Crippen LogP contribution in [0.2, 0.25) is 0 Å². The van der Waals surface area contributed by atoms with Crippen molar-refractivity contribution in [3.8, 4) is 11.4 Å². The van der Waals surface area contributed by atoms with Gasteiger partial charge in [0.05, 0.1) is 6.33 Å². The fourth-order valence-electron chi connectivity index (χ4n) is 5.56. The lowest BCUT2D eigenvalue weighted by Gasteiger charge is -2.32. The monoisotopic (exact) mass is 561 g/mol. The van der Waals surface area contributed by atoms with Crippen LogP contribution < -0.4 is 10.2 Å². The van der Waals surface area contributed by atoms with E-state index in [4.69, 9.17) is 9.97 Å². The number of carbonyl (C=O) groups excluding carboxylic acids is 1. The second-order valence-electron chi connectivity index (χ2n) is 11.1. The van der Waals surface area contributed by atoms with Gasteiger partial charge in [0.2, 0.25) is 11.9 Å². The molecule has 6 rings (SSSR count). The highest BCUT2D eigenvalue weighted by Gasteiger charge is 2.34. The van der Waals surface area contributed by atoms with E-state index in [1.165, 1.54) is 17.0 Å². The molecular weight excluding hydrogens is 528 g/mol. The van der Waals surface area contributed by atoms with Gasteiger partial charge in [-0.1, -0.05) is 0 Å². The SMILES string of the molecule is CC(=O)N1CCC(c2cc(F)c(N(C)c3nc(Nc4cc(C)[nH]n4)c(C4CC4)c(-c4cn(C)cn4)n3)c(F)c2)CC1. The van der Waals surface area contributed by atoms with Crippen LogP contribution in [0.15, 0.2) is 30.7 Å². The quantitative estimate of drug-likeness (QED) is 0.315. The zero-order chi connectivity index (χ0) is 28.8.